The summed E-state index contributed by atoms with van der Waals surface area (Å²) in [6.45, 7) is 9.71. The van der Waals surface area contributed by atoms with Gasteiger partial charge >= 0.3 is 5.97 Å². The second-order valence-corrected chi connectivity index (χ2v) is 3.06. The normalized spacial score (nSPS) is 8.93. The number of carboxylic acids is 1. The number of rotatable bonds is 1. The molecule has 2 heteroatoms. The van der Waals surface area contributed by atoms with Crippen molar-refractivity contribution in [3.05, 3.63) is 34.4 Å². The van der Waals surface area contributed by atoms with Crippen molar-refractivity contribution in [2.45, 2.75) is 34.6 Å². The molecule has 1 aromatic carbocycles. The van der Waals surface area contributed by atoms with E-state index in [1.54, 1.807) is 6.07 Å². The molecular weight excluding hydrogens is 176 g/mol. The van der Waals surface area contributed by atoms with Gasteiger partial charge < -0.3 is 5.11 Å². The van der Waals surface area contributed by atoms with Crippen LogP contribution in [0.4, 0.5) is 0 Å². The van der Waals surface area contributed by atoms with Crippen LogP contribution in [0.5, 0.6) is 0 Å². The molecule has 0 saturated heterocycles. The third kappa shape index (κ3) is 2.87. The van der Waals surface area contributed by atoms with Crippen LogP contribution in [-0.4, -0.2) is 11.1 Å². The SMILES string of the molecule is CC.Cc1cc(C)c(C(=O)O)cc1C. The molecule has 0 aliphatic carbocycles. The molecule has 0 saturated carbocycles. The van der Waals surface area contributed by atoms with Gasteiger partial charge in [-0.05, 0) is 43.5 Å². The largest absolute Gasteiger partial charge is 0.478 e. The highest BCUT2D eigenvalue weighted by Gasteiger charge is 2.07. The van der Waals surface area contributed by atoms with E-state index < -0.39 is 5.97 Å². The maximum Gasteiger partial charge on any atom is 0.335 e. The number of aryl methyl sites for hydroxylation is 3. The highest BCUT2D eigenvalue weighted by Crippen LogP contribution is 2.14. The lowest BCUT2D eigenvalue weighted by molar-refractivity contribution is 0.0696. The number of carbonyl (C=O) groups is 1. The van der Waals surface area contributed by atoms with Crippen molar-refractivity contribution in [1.82, 2.24) is 0 Å². The van der Waals surface area contributed by atoms with Gasteiger partial charge in [-0.15, -0.1) is 0 Å². The zero-order chi connectivity index (χ0) is 11.3. The minimum Gasteiger partial charge on any atom is -0.478 e. The standard InChI is InChI=1S/C10H12O2.C2H6/c1-6-4-8(3)9(10(11)12)5-7(6)2;1-2/h4-5H,1-3H3,(H,11,12);1-2H3. The molecule has 0 atom stereocenters. The maximum atomic E-state index is 10.7. The highest BCUT2D eigenvalue weighted by molar-refractivity contribution is 5.89. The Kier molecular flexibility index (Phi) is 4.92. The van der Waals surface area contributed by atoms with Gasteiger partial charge in [-0.1, -0.05) is 19.9 Å². The molecule has 0 heterocycles. The summed E-state index contributed by atoms with van der Waals surface area (Å²) in [7, 11) is 0. The van der Waals surface area contributed by atoms with Crippen LogP contribution in [-0.2, 0) is 0 Å². The average Bonchev–Trinajstić information content (AvgIpc) is 2.14. The summed E-state index contributed by atoms with van der Waals surface area (Å²) in [5, 5.41) is 8.78. The number of benzene rings is 1. The molecule has 1 N–H and O–H groups in total. The molecule has 0 radical (unpaired) electrons. The van der Waals surface area contributed by atoms with Gasteiger partial charge in [0.05, 0.1) is 5.56 Å². The summed E-state index contributed by atoms with van der Waals surface area (Å²) in [4.78, 5) is 10.7. The Morgan fingerprint density at radius 2 is 1.43 bits per heavy atom. The molecule has 0 fully saturated rings. The second-order valence-electron chi connectivity index (χ2n) is 3.06. The lowest BCUT2D eigenvalue weighted by Crippen LogP contribution is -2.00. The van der Waals surface area contributed by atoms with Crippen LogP contribution in [0.15, 0.2) is 12.1 Å². The van der Waals surface area contributed by atoms with E-state index in [1.807, 2.05) is 40.7 Å². The number of aromatic carboxylic acids is 1. The molecule has 2 nitrogen and oxygen atoms in total. The molecule has 78 valence electrons. The molecular formula is C12H18O2. The van der Waals surface area contributed by atoms with Crippen molar-refractivity contribution in [2.75, 3.05) is 0 Å². The molecule has 0 aliphatic heterocycles. The Bertz CT molecular complexity index is 327. The van der Waals surface area contributed by atoms with Gasteiger partial charge in [0.2, 0.25) is 0 Å². The Morgan fingerprint density at radius 3 is 1.86 bits per heavy atom. The van der Waals surface area contributed by atoms with Gasteiger partial charge in [0.1, 0.15) is 0 Å². The van der Waals surface area contributed by atoms with Crippen LogP contribution < -0.4 is 0 Å². The van der Waals surface area contributed by atoms with Crippen LogP contribution in [0.25, 0.3) is 0 Å². The van der Waals surface area contributed by atoms with Gasteiger partial charge in [0, 0.05) is 0 Å². The van der Waals surface area contributed by atoms with Gasteiger partial charge in [-0.3, -0.25) is 0 Å². The van der Waals surface area contributed by atoms with E-state index in [0.29, 0.717) is 5.56 Å². The minimum absolute atomic E-state index is 0.401. The van der Waals surface area contributed by atoms with E-state index in [-0.39, 0.29) is 0 Å². The summed E-state index contributed by atoms with van der Waals surface area (Å²) < 4.78 is 0. The van der Waals surface area contributed by atoms with Crippen LogP contribution in [0.1, 0.15) is 40.9 Å². The summed E-state index contributed by atoms with van der Waals surface area (Å²) >= 11 is 0. The summed E-state index contributed by atoms with van der Waals surface area (Å²) in [6, 6.07) is 3.62. The summed E-state index contributed by atoms with van der Waals surface area (Å²) in [5.74, 6) is -0.851. The molecule has 0 aliphatic rings. The fraction of sp³-hybridized carbons (Fsp3) is 0.417. The first-order valence-electron chi connectivity index (χ1n) is 4.83. The quantitative estimate of drug-likeness (QED) is 0.744. The van der Waals surface area contributed by atoms with E-state index in [9.17, 15) is 4.79 Å². The number of carboxylic acid groups (broad SMARTS) is 1. The minimum atomic E-state index is -0.851. The Morgan fingerprint density at radius 1 is 1.00 bits per heavy atom. The third-order valence-electron chi connectivity index (χ3n) is 2.07. The van der Waals surface area contributed by atoms with E-state index in [4.69, 9.17) is 5.11 Å². The topological polar surface area (TPSA) is 37.3 Å². The zero-order valence-electron chi connectivity index (χ0n) is 9.51. The Labute approximate surface area is 85.6 Å². The first-order chi connectivity index (χ1) is 6.52. The number of hydrogen-bond acceptors (Lipinski definition) is 1. The van der Waals surface area contributed by atoms with Gasteiger partial charge in [0.15, 0.2) is 0 Å². The average molecular weight is 194 g/mol. The van der Waals surface area contributed by atoms with E-state index >= 15 is 0 Å². The summed E-state index contributed by atoms with van der Waals surface area (Å²) in [5.41, 5.74) is 3.39. The molecule has 0 amide bonds. The smallest absolute Gasteiger partial charge is 0.335 e. The lowest BCUT2D eigenvalue weighted by Gasteiger charge is -2.05. The van der Waals surface area contributed by atoms with E-state index in [1.165, 1.54) is 0 Å². The van der Waals surface area contributed by atoms with Gasteiger partial charge in [-0.2, -0.15) is 0 Å². The highest BCUT2D eigenvalue weighted by atomic mass is 16.4. The molecule has 0 aromatic heterocycles. The predicted molar refractivity (Wildman–Crippen MR) is 59.0 cm³/mol. The van der Waals surface area contributed by atoms with Gasteiger partial charge in [-0.25, -0.2) is 4.79 Å². The number of hydrogen-bond donors (Lipinski definition) is 1. The predicted octanol–water partition coefficient (Wildman–Crippen LogP) is 3.34. The van der Waals surface area contributed by atoms with Crippen molar-refractivity contribution in [2.24, 2.45) is 0 Å². The fourth-order valence-corrected chi connectivity index (χ4v) is 1.19. The van der Waals surface area contributed by atoms with Crippen molar-refractivity contribution < 1.29 is 9.90 Å². The van der Waals surface area contributed by atoms with Crippen molar-refractivity contribution in [3.8, 4) is 0 Å². The van der Waals surface area contributed by atoms with Crippen LogP contribution in [0.3, 0.4) is 0 Å². The van der Waals surface area contributed by atoms with E-state index in [2.05, 4.69) is 0 Å². The molecule has 0 spiro atoms. The second kappa shape index (κ2) is 5.43. The summed E-state index contributed by atoms with van der Waals surface area (Å²) in [6.07, 6.45) is 0. The van der Waals surface area contributed by atoms with Crippen molar-refractivity contribution >= 4 is 5.97 Å². The van der Waals surface area contributed by atoms with Crippen LogP contribution in [0, 0.1) is 20.8 Å². The lowest BCUT2D eigenvalue weighted by atomic mass is 10.0. The van der Waals surface area contributed by atoms with Crippen LogP contribution in [0.2, 0.25) is 0 Å². The van der Waals surface area contributed by atoms with Crippen molar-refractivity contribution in [3.63, 3.8) is 0 Å². The Hall–Kier alpha value is -1.31. The third-order valence-corrected chi connectivity index (χ3v) is 2.07. The zero-order valence-corrected chi connectivity index (χ0v) is 9.51. The molecule has 14 heavy (non-hydrogen) atoms. The first kappa shape index (κ1) is 12.7. The first-order valence-corrected chi connectivity index (χ1v) is 4.83. The maximum absolute atomic E-state index is 10.7. The molecule has 0 bridgehead atoms. The van der Waals surface area contributed by atoms with Crippen LogP contribution >= 0.6 is 0 Å². The fourth-order valence-electron chi connectivity index (χ4n) is 1.19. The Balaban J connectivity index is 0.000000791. The van der Waals surface area contributed by atoms with Crippen molar-refractivity contribution in [1.29, 1.82) is 0 Å². The molecule has 1 aromatic rings. The molecule has 1 rings (SSSR count). The van der Waals surface area contributed by atoms with Gasteiger partial charge in [0.25, 0.3) is 0 Å². The molecule has 0 unspecified atom stereocenters. The van der Waals surface area contributed by atoms with E-state index in [0.717, 1.165) is 16.7 Å². The monoisotopic (exact) mass is 194 g/mol.